The predicted molar refractivity (Wildman–Crippen MR) is 75.6 cm³/mol. The van der Waals surface area contributed by atoms with Crippen LogP contribution in [0.15, 0.2) is 18.3 Å². The molecule has 1 aliphatic heterocycles. The van der Waals surface area contributed by atoms with Gasteiger partial charge in [0.2, 0.25) is 0 Å². The van der Waals surface area contributed by atoms with Crippen LogP contribution >= 0.6 is 11.8 Å². The molecule has 1 fully saturated rings. The highest BCUT2D eigenvalue weighted by molar-refractivity contribution is 8.00. The molecule has 0 aromatic carbocycles. The first-order valence-corrected chi connectivity index (χ1v) is 7.25. The first kappa shape index (κ1) is 12.7. The lowest BCUT2D eigenvalue weighted by atomic mass is 10.1. The Hall–Kier alpha value is -0.740. The van der Waals surface area contributed by atoms with E-state index in [9.17, 15) is 0 Å². The topological polar surface area (TPSA) is 42.2 Å². The minimum absolute atomic E-state index is 0.0378. The molecule has 4 heteroatoms. The number of hydrogen-bond acceptors (Lipinski definition) is 4. The van der Waals surface area contributed by atoms with Crippen molar-refractivity contribution < 1.29 is 0 Å². The van der Waals surface area contributed by atoms with Crippen molar-refractivity contribution >= 4 is 17.6 Å². The Morgan fingerprint density at radius 3 is 3.00 bits per heavy atom. The Bertz CT molecular complexity index is 381. The zero-order chi connectivity index (χ0) is 12.4. The molecule has 1 saturated heterocycles. The summed E-state index contributed by atoms with van der Waals surface area (Å²) in [4.78, 5) is 6.95. The first-order valence-electron chi connectivity index (χ1n) is 6.20. The molecule has 2 rings (SSSR count). The van der Waals surface area contributed by atoms with Gasteiger partial charge in [-0.15, -0.1) is 0 Å². The Morgan fingerprint density at radius 1 is 1.53 bits per heavy atom. The van der Waals surface area contributed by atoms with Gasteiger partial charge in [-0.25, -0.2) is 4.98 Å². The Kier molecular flexibility index (Phi) is 3.94. The third-order valence-corrected chi connectivity index (χ3v) is 4.80. The van der Waals surface area contributed by atoms with Crippen LogP contribution in [0.5, 0.6) is 0 Å². The van der Waals surface area contributed by atoms with E-state index in [0.717, 1.165) is 17.9 Å². The van der Waals surface area contributed by atoms with E-state index in [2.05, 4.69) is 29.8 Å². The minimum atomic E-state index is 0.0378. The predicted octanol–water partition coefficient (Wildman–Crippen LogP) is 2.43. The molecular formula is C13H21N3S. The van der Waals surface area contributed by atoms with E-state index in [1.54, 1.807) is 0 Å². The van der Waals surface area contributed by atoms with Gasteiger partial charge in [-0.2, -0.15) is 11.8 Å². The van der Waals surface area contributed by atoms with Gasteiger partial charge in [0.15, 0.2) is 0 Å². The van der Waals surface area contributed by atoms with Crippen molar-refractivity contribution in [3.63, 3.8) is 0 Å². The van der Waals surface area contributed by atoms with E-state index >= 15 is 0 Å². The summed E-state index contributed by atoms with van der Waals surface area (Å²) in [6, 6.07) is 4.61. The SMILES string of the molecule is CC1SCCN(c2ncccc2[C@@H](C)N)C1C. The second-order valence-corrected chi connectivity index (χ2v) is 6.20. The summed E-state index contributed by atoms with van der Waals surface area (Å²) < 4.78 is 0. The van der Waals surface area contributed by atoms with Gasteiger partial charge in [-0.1, -0.05) is 13.0 Å². The van der Waals surface area contributed by atoms with E-state index in [1.165, 1.54) is 5.75 Å². The fourth-order valence-corrected chi connectivity index (χ4v) is 3.34. The molecule has 94 valence electrons. The second kappa shape index (κ2) is 5.27. The largest absolute Gasteiger partial charge is 0.352 e. The van der Waals surface area contributed by atoms with E-state index in [4.69, 9.17) is 5.73 Å². The van der Waals surface area contributed by atoms with Crippen molar-refractivity contribution in [3.8, 4) is 0 Å². The number of nitrogens with two attached hydrogens (primary N) is 1. The van der Waals surface area contributed by atoms with Gasteiger partial charge >= 0.3 is 0 Å². The Balaban J connectivity index is 2.32. The molecule has 3 atom stereocenters. The van der Waals surface area contributed by atoms with Crippen LogP contribution in [0, 0.1) is 0 Å². The molecule has 0 aliphatic carbocycles. The van der Waals surface area contributed by atoms with Crippen LogP contribution in [0.4, 0.5) is 5.82 Å². The van der Waals surface area contributed by atoms with Crippen molar-refractivity contribution in [2.75, 3.05) is 17.2 Å². The lowest BCUT2D eigenvalue weighted by Gasteiger charge is -2.39. The van der Waals surface area contributed by atoms with Gasteiger partial charge in [0.05, 0.1) is 0 Å². The standard InChI is InChI=1S/C13H21N3S/c1-9(14)12-5-4-6-15-13(12)16-7-8-17-11(3)10(16)2/h4-6,9-11H,7-8,14H2,1-3H3/t9-,10?,11?/m1/s1. The normalized spacial score (nSPS) is 26.9. The van der Waals surface area contributed by atoms with Crippen LogP contribution in [-0.4, -0.2) is 28.6 Å². The molecule has 2 heterocycles. The van der Waals surface area contributed by atoms with E-state index in [0.29, 0.717) is 11.3 Å². The minimum Gasteiger partial charge on any atom is -0.352 e. The van der Waals surface area contributed by atoms with E-state index in [1.807, 2.05) is 30.9 Å². The average molecular weight is 251 g/mol. The smallest absolute Gasteiger partial charge is 0.133 e. The van der Waals surface area contributed by atoms with Crippen molar-refractivity contribution in [2.45, 2.75) is 38.1 Å². The van der Waals surface area contributed by atoms with Gasteiger partial charge in [0.1, 0.15) is 5.82 Å². The number of pyridine rings is 1. The van der Waals surface area contributed by atoms with Gasteiger partial charge < -0.3 is 10.6 Å². The van der Waals surface area contributed by atoms with Crippen LogP contribution in [0.1, 0.15) is 32.4 Å². The summed E-state index contributed by atoms with van der Waals surface area (Å²) in [5.74, 6) is 2.24. The fourth-order valence-electron chi connectivity index (χ4n) is 2.24. The first-order chi connectivity index (χ1) is 8.11. The third kappa shape index (κ3) is 2.58. The van der Waals surface area contributed by atoms with Crippen LogP contribution in [-0.2, 0) is 0 Å². The molecule has 1 aliphatic rings. The summed E-state index contributed by atoms with van der Waals surface area (Å²) in [5.41, 5.74) is 7.18. The highest BCUT2D eigenvalue weighted by Gasteiger charge is 2.27. The molecule has 0 bridgehead atoms. The van der Waals surface area contributed by atoms with E-state index < -0.39 is 0 Å². The molecule has 0 amide bonds. The maximum atomic E-state index is 6.03. The monoisotopic (exact) mass is 251 g/mol. The molecule has 3 nitrogen and oxygen atoms in total. The van der Waals surface area contributed by atoms with Crippen LogP contribution in [0.25, 0.3) is 0 Å². The number of nitrogens with zero attached hydrogens (tertiary/aromatic N) is 2. The highest BCUT2D eigenvalue weighted by atomic mass is 32.2. The molecule has 0 radical (unpaired) electrons. The maximum Gasteiger partial charge on any atom is 0.133 e. The zero-order valence-corrected chi connectivity index (χ0v) is 11.6. The van der Waals surface area contributed by atoms with Gasteiger partial charge in [0.25, 0.3) is 0 Å². The Morgan fingerprint density at radius 2 is 2.29 bits per heavy atom. The highest BCUT2D eigenvalue weighted by Crippen LogP contribution is 2.31. The molecule has 1 aromatic rings. The number of hydrogen-bond donors (Lipinski definition) is 1. The Labute approximate surface area is 108 Å². The maximum absolute atomic E-state index is 6.03. The zero-order valence-electron chi connectivity index (χ0n) is 10.8. The summed E-state index contributed by atoms with van der Waals surface area (Å²) in [5, 5.41) is 0.645. The molecule has 17 heavy (non-hydrogen) atoms. The lowest BCUT2D eigenvalue weighted by Crippen LogP contribution is -2.45. The molecule has 1 aromatic heterocycles. The van der Waals surface area contributed by atoms with Crippen LogP contribution < -0.4 is 10.6 Å². The summed E-state index contributed by atoms with van der Waals surface area (Å²) in [6.07, 6.45) is 1.86. The molecule has 0 spiro atoms. The molecule has 2 N–H and O–H groups in total. The number of anilines is 1. The average Bonchev–Trinajstić information content (AvgIpc) is 2.33. The fraction of sp³-hybridized carbons (Fsp3) is 0.615. The third-order valence-electron chi connectivity index (χ3n) is 3.46. The molecular weight excluding hydrogens is 230 g/mol. The van der Waals surface area contributed by atoms with Crippen molar-refractivity contribution in [1.29, 1.82) is 0 Å². The van der Waals surface area contributed by atoms with Crippen molar-refractivity contribution in [3.05, 3.63) is 23.9 Å². The van der Waals surface area contributed by atoms with Crippen molar-refractivity contribution in [2.24, 2.45) is 5.73 Å². The summed E-state index contributed by atoms with van der Waals surface area (Å²) in [7, 11) is 0. The molecule has 2 unspecified atom stereocenters. The van der Waals surface area contributed by atoms with Gasteiger partial charge in [-0.05, 0) is 19.9 Å². The van der Waals surface area contributed by atoms with Gasteiger partial charge in [0, 0.05) is 41.4 Å². The van der Waals surface area contributed by atoms with Crippen LogP contribution in [0.2, 0.25) is 0 Å². The summed E-state index contributed by atoms with van der Waals surface area (Å²) >= 11 is 2.04. The summed E-state index contributed by atoms with van der Waals surface area (Å²) in [6.45, 7) is 7.65. The second-order valence-electron chi connectivity index (χ2n) is 4.71. The van der Waals surface area contributed by atoms with Crippen molar-refractivity contribution in [1.82, 2.24) is 4.98 Å². The van der Waals surface area contributed by atoms with Gasteiger partial charge in [-0.3, -0.25) is 0 Å². The van der Waals surface area contributed by atoms with E-state index in [-0.39, 0.29) is 6.04 Å². The molecule has 0 saturated carbocycles. The number of aromatic nitrogens is 1. The lowest BCUT2D eigenvalue weighted by molar-refractivity contribution is 0.613. The number of rotatable bonds is 2. The quantitative estimate of drug-likeness (QED) is 0.876. The van der Waals surface area contributed by atoms with Crippen LogP contribution in [0.3, 0.4) is 0 Å². The number of thioether (sulfide) groups is 1.